The fraction of sp³-hybridized carbons (Fsp3) is 0.500. The second-order valence-corrected chi connectivity index (χ2v) is 7.83. The van der Waals surface area contributed by atoms with E-state index in [1.54, 1.807) is 24.4 Å². The van der Waals surface area contributed by atoms with E-state index in [4.69, 9.17) is 0 Å². The zero-order valence-electron chi connectivity index (χ0n) is 16.7. The number of carbonyl (C=O) groups is 1. The van der Waals surface area contributed by atoms with E-state index in [9.17, 15) is 9.18 Å². The number of hydrogen-bond acceptors (Lipinski definition) is 5. The number of rotatable bonds is 4. The van der Waals surface area contributed by atoms with Gasteiger partial charge in [-0.3, -0.25) is 4.79 Å². The molecule has 1 N–H and O–H groups in total. The van der Waals surface area contributed by atoms with Crippen LogP contribution in [-0.4, -0.2) is 48.1 Å². The fourth-order valence-electron chi connectivity index (χ4n) is 4.17. The van der Waals surface area contributed by atoms with E-state index >= 15 is 0 Å². The number of carbonyl (C=O) groups excluding carboxylic acids is 1. The van der Waals surface area contributed by atoms with E-state index in [0.29, 0.717) is 43.5 Å². The van der Waals surface area contributed by atoms with Gasteiger partial charge in [-0.15, -0.1) is 0 Å². The van der Waals surface area contributed by atoms with Gasteiger partial charge < -0.3 is 15.1 Å². The van der Waals surface area contributed by atoms with Gasteiger partial charge in [0.05, 0.1) is 5.69 Å². The van der Waals surface area contributed by atoms with Gasteiger partial charge in [0.1, 0.15) is 11.5 Å². The molecule has 29 heavy (non-hydrogen) atoms. The maximum Gasteiger partial charge on any atom is 0.270 e. The fourth-order valence-corrected chi connectivity index (χ4v) is 4.17. The Balaban J connectivity index is 1.37. The summed E-state index contributed by atoms with van der Waals surface area (Å²) < 4.78 is 14.0. The third kappa shape index (κ3) is 4.83. The number of aromatic nitrogens is 2. The number of benzene rings is 1. The largest absolute Gasteiger partial charge is 0.366 e. The Morgan fingerprint density at radius 2 is 1.66 bits per heavy atom. The van der Waals surface area contributed by atoms with Crippen LogP contribution in [0.2, 0.25) is 0 Å². The Morgan fingerprint density at radius 3 is 2.38 bits per heavy atom. The molecule has 2 aliphatic rings. The van der Waals surface area contributed by atoms with Crippen molar-refractivity contribution >= 4 is 17.5 Å². The molecule has 6 nitrogen and oxygen atoms in total. The van der Waals surface area contributed by atoms with Gasteiger partial charge in [0, 0.05) is 38.4 Å². The summed E-state index contributed by atoms with van der Waals surface area (Å²) in [6.45, 7) is 2.73. The number of hydrogen-bond donors (Lipinski definition) is 1. The second kappa shape index (κ2) is 9.20. The van der Waals surface area contributed by atoms with Crippen molar-refractivity contribution in [3.05, 3.63) is 48.0 Å². The van der Waals surface area contributed by atoms with E-state index < -0.39 is 0 Å². The van der Waals surface area contributed by atoms with Gasteiger partial charge in [0.2, 0.25) is 5.95 Å². The number of halogens is 1. The lowest BCUT2D eigenvalue weighted by molar-refractivity contribution is 0.0928. The predicted molar refractivity (Wildman–Crippen MR) is 112 cm³/mol. The molecule has 1 aliphatic carbocycles. The lowest BCUT2D eigenvalue weighted by Gasteiger charge is -2.36. The summed E-state index contributed by atoms with van der Waals surface area (Å²) in [4.78, 5) is 25.6. The first-order chi connectivity index (χ1) is 14.2. The highest BCUT2D eigenvalue weighted by Gasteiger charge is 2.22. The summed E-state index contributed by atoms with van der Waals surface area (Å²) in [6.07, 6.45) is 8.58. The molecule has 1 saturated heterocycles. The third-order valence-corrected chi connectivity index (χ3v) is 5.82. The maximum atomic E-state index is 14.0. The lowest BCUT2D eigenvalue weighted by atomic mass is 10.1. The highest BCUT2D eigenvalue weighted by atomic mass is 19.1. The van der Waals surface area contributed by atoms with Crippen molar-refractivity contribution in [1.82, 2.24) is 15.3 Å². The van der Waals surface area contributed by atoms with Crippen molar-refractivity contribution in [2.24, 2.45) is 0 Å². The van der Waals surface area contributed by atoms with Crippen molar-refractivity contribution in [3.8, 4) is 0 Å². The molecule has 7 heteroatoms. The molecule has 154 valence electrons. The molecule has 2 aromatic rings. The quantitative estimate of drug-likeness (QED) is 0.802. The van der Waals surface area contributed by atoms with Crippen LogP contribution >= 0.6 is 0 Å². The molecule has 2 heterocycles. The van der Waals surface area contributed by atoms with Crippen LogP contribution in [0.25, 0.3) is 0 Å². The predicted octanol–water partition coefficient (Wildman–Crippen LogP) is 3.39. The van der Waals surface area contributed by atoms with Gasteiger partial charge >= 0.3 is 0 Å². The Labute approximate surface area is 171 Å². The summed E-state index contributed by atoms with van der Waals surface area (Å²) in [5.41, 5.74) is 1.04. The summed E-state index contributed by atoms with van der Waals surface area (Å²) >= 11 is 0. The molecule has 0 bridgehead atoms. The lowest BCUT2D eigenvalue weighted by Crippen LogP contribution is -2.47. The van der Waals surface area contributed by atoms with E-state index in [-0.39, 0.29) is 17.8 Å². The summed E-state index contributed by atoms with van der Waals surface area (Å²) in [7, 11) is 0. The molecule has 1 aromatic carbocycles. The number of nitrogens with zero attached hydrogens (tertiary/aromatic N) is 4. The van der Waals surface area contributed by atoms with Gasteiger partial charge in [0.15, 0.2) is 0 Å². The van der Waals surface area contributed by atoms with E-state index in [2.05, 4.69) is 20.2 Å². The van der Waals surface area contributed by atoms with Crippen molar-refractivity contribution in [1.29, 1.82) is 0 Å². The first-order valence-corrected chi connectivity index (χ1v) is 10.6. The Hall–Kier alpha value is -2.70. The Morgan fingerprint density at radius 1 is 0.966 bits per heavy atom. The van der Waals surface area contributed by atoms with E-state index in [1.807, 2.05) is 11.0 Å². The average molecular weight is 397 g/mol. The Bertz CT molecular complexity index is 829. The molecule has 0 unspecified atom stereocenters. The second-order valence-electron chi connectivity index (χ2n) is 7.83. The molecule has 1 aliphatic heterocycles. The summed E-state index contributed by atoms with van der Waals surface area (Å²) in [6, 6.07) is 8.76. The van der Waals surface area contributed by atoms with Crippen LogP contribution in [0.5, 0.6) is 0 Å². The van der Waals surface area contributed by atoms with Crippen LogP contribution in [0.3, 0.4) is 0 Å². The molecule has 1 aromatic heterocycles. The maximum absolute atomic E-state index is 14.0. The van der Waals surface area contributed by atoms with Crippen molar-refractivity contribution in [2.45, 2.75) is 44.6 Å². The normalized spacial score (nSPS) is 18.4. The molecule has 0 atom stereocenters. The van der Waals surface area contributed by atoms with Gasteiger partial charge in [0.25, 0.3) is 5.91 Å². The molecule has 2 fully saturated rings. The van der Waals surface area contributed by atoms with Crippen LogP contribution in [0.4, 0.5) is 16.0 Å². The van der Waals surface area contributed by atoms with Gasteiger partial charge in [-0.05, 0) is 31.0 Å². The molecular weight excluding hydrogens is 369 g/mol. The third-order valence-electron chi connectivity index (χ3n) is 5.82. The Kier molecular flexibility index (Phi) is 6.22. The smallest absolute Gasteiger partial charge is 0.270 e. The summed E-state index contributed by atoms with van der Waals surface area (Å²) in [5.74, 6) is 0.242. The molecule has 0 spiro atoms. The summed E-state index contributed by atoms with van der Waals surface area (Å²) in [5, 5.41) is 3.14. The topological polar surface area (TPSA) is 61.4 Å². The van der Waals surface area contributed by atoms with Crippen molar-refractivity contribution in [3.63, 3.8) is 0 Å². The van der Waals surface area contributed by atoms with Gasteiger partial charge in [-0.1, -0.05) is 37.8 Å². The minimum atomic E-state index is -0.200. The average Bonchev–Trinajstić information content (AvgIpc) is 3.03. The van der Waals surface area contributed by atoms with Gasteiger partial charge in [-0.2, -0.15) is 0 Å². The number of anilines is 2. The van der Waals surface area contributed by atoms with Crippen LogP contribution in [-0.2, 0) is 0 Å². The molecule has 4 rings (SSSR count). The van der Waals surface area contributed by atoms with Crippen molar-refractivity contribution < 1.29 is 9.18 Å². The minimum absolute atomic E-state index is 0.120. The number of piperazine rings is 1. The highest BCUT2D eigenvalue weighted by Crippen LogP contribution is 2.22. The molecule has 0 radical (unpaired) electrons. The number of nitrogens with one attached hydrogen (secondary N) is 1. The van der Waals surface area contributed by atoms with Crippen LogP contribution in [0, 0.1) is 5.82 Å². The zero-order valence-corrected chi connectivity index (χ0v) is 16.7. The zero-order chi connectivity index (χ0) is 20.1. The molecular formula is C22H28FN5O. The van der Waals surface area contributed by atoms with Gasteiger partial charge in [-0.25, -0.2) is 14.4 Å². The highest BCUT2D eigenvalue weighted by molar-refractivity contribution is 5.92. The standard InChI is InChI=1S/C22H28FN5O/c23-18-9-5-6-10-20(18)27-13-15-28(16-14-27)22-24-12-11-19(26-22)21(29)25-17-7-3-1-2-4-8-17/h5-6,9-12,17H,1-4,7-8,13-16H2,(H,25,29). The van der Waals surface area contributed by atoms with Crippen LogP contribution in [0.15, 0.2) is 36.5 Å². The monoisotopic (exact) mass is 397 g/mol. The number of para-hydroxylation sites is 1. The van der Waals surface area contributed by atoms with Crippen molar-refractivity contribution in [2.75, 3.05) is 36.0 Å². The van der Waals surface area contributed by atoms with Crippen LogP contribution in [0.1, 0.15) is 49.0 Å². The SMILES string of the molecule is O=C(NC1CCCCCC1)c1ccnc(N2CCN(c3ccccc3F)CC2)n1. The first kappa shape index (κ1) is 19.6. The molecule has 1 saturated carbocycles. The minimum Gasteiger partial charge on any atom is -0.366 e. The molecule has 1 amide bonds. The van der Waals surface area contributed by atoms with Crippen LogP contribution < -0.4 is 15.1 Å². The van der Waals surface area contributed by atoms with E-state index in [0.717, 1.165) is 12.8 Å². The first-order valence-electron chi connectivity index (χ1n) is 10.6. The number of amides is 1. The van der Waals surface area contributed by atoms with E-state index in [1.165, 1.54) is 31.7 Å².